The first-order valence-corrected chi connectivity index (χ1v) is 7.27. The molecule has 0 radical (unpaired) electrons. The molecule has 0 saturated carbocycles. The molecule has 0 unspecified atom stereocenters. The molecular weight excluding hydrogens is 397 g/mol. The van der Waals surface area contributed by atoms with Crippen LogP contribution in [0, 0.1) is 10.5 Å². The molecule has 1 aromatic rings. The van der Waals surface area contributed by atoms with E-state index in [0.717, 1.165) is 6.07 Å². The number of hydrogen-bond donors (Lipinski definition) is 0. The molecule has 96 valence electrons. The van der Waals surface area contributed by atoms with Crippen LogP contribution >= 0.6 is 33.3 Å². The van der Waals surface area contributed by atoms with E-state index in [4.69, 9.17) is 10.7 Å². The van der Waals surface area contributed by atoms with E-state index in [2.05, 4.69) is 9.72 Å². The van der Waals surface area contributed by atoms with E-state index >= 15 is 0 Å². The molecule has 0 fully saturated rings. The molecule has 1 aromatic heterocycles. The summed E-state index contributed by atoms with van der Waals surface area (Å²) in [5.74, 6) is -0.830. The Kier molecular flexibility index (Phi) is 4.14. The first-order valence-electron chi connectivity index (χ1n) is 3.88. The molecule has 0 aliphatic rings. The van der Waals surface area contributed by atoms with Crippen LogP contribution in [0.3, 0.4) is 0 Å². The van der Waals surface area contributed by atoms with Gasteiger partial charge in [0.15, 0.2) is 5.03 Å². The molecule has 0 aliphatic heterocycles. The molecule has 0 amide bonds. The fourth-order valence-corrected chi connectivity index (χ4v) is 2.29. The van der Waals surface area contributed by atoms with Crippen LogP contribution in [0.15, 0.2) is 11.1 Å². The summed E-state index contributed by atoms with van der Waals surface area (Å²) in [4.78, 5) is 3.22. The van der Waals surface area contributed by atoms with Gasteiger partial charge in [0.05, 0.1) is 0 Å². The summed E-state index contributed by atoms with van der Waals surface area (Å²) in [6, 6.07) is 1.06. The number of rotatable bonds is 2. The number of hydrogen-bond acceptors (Lipinski definition) is 4. The average Bonchev–Trinajstić information content (AvgIpc) is 2.08. The third-order valence-electron chi connectivity index (χ3n) is 1.60. The smallest absolute Gasteiger partial charge is 0.388 e. The maximum Gasteiger partial charge on any atom is 0.574 e. The lowest BCUT2D eigenvalue weighted by Gasteiger charge is -2.12. The Labute approximate surface area is 113 Å². The zero-order valence-electron chi connectivity index (χ0n) is 8.05. The Hall–Kier alpha value is -0.290. The van der Waals surface area contributed by atoms with Crippen LogP contribution < -0.4 is 4.74 Å². The van der Waals surface area contributed by atoms with Gasteiger partial charge in [-0.3, -0.25) is 0 Å². The van der Waals surface area contributed by atoms with Crippen LogP contribution in [0.5, 0.6) is 5.88 Å². The zero-order valence-corrected chi connectivity index (χ0v) is 11.8. The van der Waals surface area contributed by atoms with Crippen LogP contribution in [-0.4, -0.2) is 19.8 Å². The second kappa shape index (κ2) is 4.76. The van der Waals surface area contributed by atoms with E-state index in [0.29, 0.717) is 0 Å². The van der Waals surface area contributed by atoms with Crippen molar-refractivity contribution < 1.29 is 26.3 Å². The van der Waals surface area contributed by atoms with Gasteiger partial charge in [-0.2, -0.15) is 4.98 Å². The van der Waals surface area contributed by atoms with Crippen molar-refractivity contribution in [3.05, 3.63) is 15.2 Å². The molecule has 0 atom stereocenters. The van der Waals surface area contributed by atoms with E-state index in [1.807, 2.05) is 0 Å². The standard InChI is InChI=1S/C7H4ClF3INO3S/c1-3-4(12)2-5(17(8,14)15)13-6(3)16-7(9,10)11/h2H,1H3. The highest BCUT2D eigenvalue weighted by Gasteiger charge is 2.33. The van der Waals surface area contributed by atoms with Crippen LogP contribution in [-0.2, 0) is 9.05 Å². The average molecular weight is 402 g/mol. The van der Waals surface area contributed by atoms with E-state index < -0.39 is 26.3 Å². The molecule has 17 heavy (non-hydrogen) atoms. The van der Waals surface area contributed by atoms with Gasteiger partial charge in [-0.05, 0) is 35.6 Å². The first-order chi connectivity index (χ1) is 7.50. The molecule has 1 rings (SSSR count). The molecule has 0 aliphatic carbocycles. The number of alkyl halides is 3. The third kappa shape index (κ3) is 4.14. The molecule has 0 bridgehead atoms. The second-order valence-corrected chi connectivity index (χ2v) is 6.53. The quantitative estimate of drug-likeness (QED) is 0.565. The van der Waals surface area contributed by atoms with Crippen LogP contribution in [0.1, 0.15) is 5.56 Å². The molecule has 4 nitrogen and oxygen atoms in total. The van der Waals surface area contributed by atoms with E-state index in [1.54, 1.807) is 22.6 Å². The third-order valence-corrected chi connectivity index (χ3v) is 3.91. The highest BCUT2D eigenvalue weighted by atomic mass is 127. The van der Waals surface area contributed by atoms with Crippen LogP contribution in [0.2, 0.25) is 0 Å². The molecule has 0 N–H and O–H groups in total. The van der Waals surface area contributed by atoms with Gasteiger partial charge in [-0.15, -0.1) is 13.2 Å². The Balaban J connectivity index is 3.36. The molecule has 0 spiro atoms. The highest BCUT2D eigenvalue weighted by Crippen LogP contribution is 2.29. The van der Waals surface area contributed by atoms with E-state index in [9.17, 15) is 21.6 Å². The van der Waals surface area contributed by atoms with Crippen molar-refractivity contribution in [2.75, 3.05) is 0 Å². The van der Waals surface area contributed by atoms with E-state index in [-0.39, 0.29) is 9.13 Å². The summed E-state index contributed by atoms with van der Waals surface area (Å²) >= 11 is 1.66. The minimum Gasteiger partial charge on any atom is -0.388 e. The van der Waals surface area contributed by atoms with Crippen molar-refractivity contribution in [2.24, 2.45) is 0 Å². The fourth-order valence-electron chi connectivity index (χ4n) is 0.869. The Bertz CT molecular complexity index is 546. The second-order valence-electron chi connectivity index (χ2n) is 2.86. The number of ether oxygens (including phenoxy) is 1. The summed E-state index contributed by atoms with van der Waals surface area (Å²) in [6.07, 6.45) is -4.95. The Morgan fingerprint density at radius 1 is 1.47 bits per heavy atom. The monoisotopic (exact) mass is 401 g/mol. The minimum atomic E-state index is -4.95. The SMILES string of the molecule is Cc1c(I)cc(S(=O)(=O)Cl)nc1OC(F)(F)F. The van der Waals surface area contributed by atoms with E-state index in [1.165, 1.54) is 6.92 Å². The number of aromatic nitrogens is 1. The molecular formula is C7H4ClF3INO3S. The lowest BCUT2D eigenvalue weighted by Crippen LogP contribution is -2.19. The number of pyridine rings is 1. The normalized spacial score (nSPS) is 12.6. The maximum absolute atomic E-state index is 12.0. The predicted molar refractivity (Wildman–Crippen MR) is 61.4 cm³/mol. The molecule has 0 aromatic carbocycles. The van der Waals surface area contributed by atoms with Gasteiger partial charge < -0.3 is 4.74 Å². The lowest BCUT2D eigenvalue weighted by molar-refractivity contribution is -0.276. The van der Waals surface area contributed by atoms with Gasteiger partial charge >= 0.3 is 6.36 Å². The predicted octanol–water partition coefficient (Wildman–Crippen LogP) is 2.82. The lowest BCUT2D eigenvalue weighted by atomic mass is 10.3. The Morgan fingerprint density at radius 3 is 2.41 bits per heavy atom. The summed E-state index contributed by atoms with van der Waals surface area (Å²) in [5.41, 5.74) is 0.0759. The summed E-state index contributed by atoms with van der Waals surface area (Å²) in [5, 5.41) is -0.687. The fraction of sp³-hybridized carbons (Fsp3) is 0.286. The van der Waals surface area contributed by atoms with Crippen molar-refractivity contribution in [3.63, 3.8) is 0 Å². The molecule has 10 heteroatoms. The van der Waals surface area contributed by atoms with Gasteiger partial charge in [0.2, 0.25) is 5.88 Å². The van der Waals surface area contributed by atoms with Crippen molar-refractivity contribution in [3.8, 4) is 5.88 Å². The van der Waals surface area contributed by atoms with Crippen molar-refractivity contribution in [1.29, 1.82) is 0 Å². The maximum atomic E-state index is 12.0. The first kappa shape index (κ1) is 14.8. The molecule has 0 saturated heterocycles. The van der Waals surface area contributed by atoms with Gasteiger partial charge in [0.1, 0.15) is 0 Å². The summed E-state index contributed by atoms with van der Waals surface area (Å²) in [7, 11) is 0.784. The van der Waals surface area contributed by atoms with Crippen molar-refractivity contribution in [2.45, 2.75) is 18.3 Å². The molecule has 1 heterocycles. The number of halogens is 5. The zero-order chi connectivity index (χ0) is 13.4. The van der Waals surface area contributed by atoms with Gasteiger partial charge in [0.25, 0.3) is 9.05 Å². The van der Waals surface area contributed by atoms with Gasteiger partial charge in [-0.25, -0.2) is 8.42 Å². The summed E-state index contributed by atoms with van der Waals surface area (Å²) in [6.45, 7) is 1.32. The largest absolute Gasteiger partial charge is 0.574 e. The summed E-state index contributed by atoms with van der Waals surface area (Å²) < 4.78 is 61.9. The number of nitrogens with zero attached hydrogens (tertiary/aromatic N) is 1. The van der Waals surface area contributed by atoms with Gasteiger partial charge in [-0.1, -0.05) is 0 Å². The topological polar surface area (TPSA) is 56.3 Å². The van der Waals surface area contributed by atoms with Crippen LogP contribution in [0.4, 0.5) is 13.2 Å². The van der Waals surface area contributed by atoms with Crippen molar-refractivity contribution in [1.82, 2.24) is 4.98 Å². The Morgan fingerprint density at radius 2 is 2.00 bits per heavy atom. The van der Waals surface area contributed by atoms with Gasteiger partial charge in [0, 0.05) is 19.8 Å². The minimum absolute atomic E-state index is 0.0759. The van der Waals surface area contributed by atoms with Crippen molar-refractivity contribution >= 4 is 42.3 Å². The highest BCUT2D eigenvalue weighted by molar-refractivity contribution is 14.1. The van der Waals surface area contributed by atoms with Crippen LogP contribution in [0.25, 0.3) is 0 Å².